The molecule has 8 heteroatoms. The van der Waals surface area contributed by atoms with Crippen molar-refractivity contribution in [2.75, 3.05) is 13.2 Å². The summed E-state index contributed by atoms with van der Waals surface area (Å²) in [6.45, 7) is 6.94. The van der Waals surface area contributed by atoms with Crippen LogP contribution in [0.4, 0.5) is 0 Å². The van der Waals surface area contributed by atoms with Crippen LogP contribution in [0.15, 0.2) is 35.1 Å². The van der Waals surface area contributed by atoms with Crippen LogP contribution in [-0.4, -0.2) is 40.0 Å². The van der Waals surface area contributed by atoms with E-state index in [0.29, 0.717) is 39.0 Å². The maximum Gasteiger partial charge on any atom is 0.338 e. The predicted octanol–water partition coefficient (Wildman–Crippen LogP) is 2.85. The highest BCUT2D eigenvalue weighted by Crippen LogP contribution is 2.26. The Kier molecular flexibility index (Phi) is 6.50. The van der Waals surface area contributed by atoms with Gasteiger partial charge >= 0.3 is 11.9 Å². The summed E-state index contributed by atoms with van der Waals surface area (Å²) < 4.78 is 11.3. The number of ether oxygens (including phenoxy) is 2. The fourth-order valence-corrected chi connectivity index (χ4v) is 3.57. The zero-order valence-electron chi connectivity index (χ0n) is 17.9. The van der Waals surface area contributed by atoms with Gasteiger partial charge in [-0.25, -0.2) is 9.59 Å². The number of aryl methyl sites for hydroxylation is 2. The molecule has 3 rings (SSSR count). The number of rotatable bonds is 6. The van der Waals surface area contributed by atoms with Gasteiger partial charge in [-0.3, -0.25) is 4.79 Å². The van der Waals surface area contributed by atoms with E-state index in [9.17, 15) is 19.5 Å². The molecule has 0 saturated heterocycles. The van der Waals surface area contributed by atoms with Crippen molar-refractivity contribution in [1.29, 1.82) is 0 Å². The molecule has 0 fully saturated rings. The first-order valence-corrected chi connectivity index (χ1v) is 9.95. The lowest BCUT2D eigenvalue weighted by molar-refractivity contribution is 0.0516. The minimum absolute atomic E-state index is 0.213. The summed E-state index contributed by atoms with van der Waals surface area (Å²) >= 11 is 0. The van der Waals surface area contributed by atoms with E-state index in [1.54, 1.807) is 45.9 Å². The summed E-state index contributed by atoms with van der Waals surface area (Å²) in [5, 5.41) is 15.0. The predicted molar refractivity (Wildman–Crippen MR) is 115 cm³/mol. The number of aliphatic hydroxyl groups excluding tert-OH is 1. The summed E-state index contributed by atoms with van der Waals surface area (Å²) in [4.78, 5) is 37.7. The second kappa shape index (κ2) is 9.09. The fraction of sp³-hybridized carbons (Fsp3) is 0.304. The van der Waals surface area contributed by atoms with E-state index < -0.39 is 24.1 Å². The van der Waals surface area contributed by atoms with Crippen LogP contribution in [0.2, 0.25) is 0 Å². The average molecular weight is 424 g/mol. The zero-order valence-corrected chi connectivity index (χ0v) is 17.9. The number of esters is 2. The highest BCUT2D eigenvalue weighted by atomic mass is 16.5. The quantitative estimate of drug-likeness (QED) is 0.606. The second-order valence-corrected chi connectivity index (χ2v) is 6.93. The number of hydrogen-bond acceptors (Lipinski definition) is 7. The van der Waals surface area contributed by atoms with Gasteiger partial charge in [-0.1, -0.05) is 0 Å². The molecule has 1 heterocycles. The van der Waals surface area contributed by atoms with Gasteiger partial charge in [0, 0.05) is 5.39 Å². The minimum atomic E-state index is -0.508. The number of carbonyl (C=O) groups is 2. The van der Waals surface area contributed by atoms with Crippen LogP contribution in [0.1, 0.15) is 51.4 Å². The van der Waals surface area contributed by atoms with E-state index in [1.807, 2.05) is 0 Å². The van der Waals surface area contributed by atoms with Crippen LogP contribution >= 0.6 is 0 Å². The lowest BCUT2D eigenvalue weighted by Crippen LogP contribution is -2.25. The molecule has 0 radical (unpaired) electrons. The van der Waals surface area contributed by atoms with Crippen LogP contribution in [0.5, 0.6) is 0 Å². The van der Waals surface area contributed by atoms with Crippen molar-refractivity contribution in [3.05, 3.63) is 68.6 Å². The lowest BCUT2D eigenvalue weighted by Gasteiger charge is -2.15. The molecule has 31 heavy (non-hydrogen) atoms. The molecule has 0 bridgehead atoms. The van der Waals surface area contributed by atoms with Gasteiger partial charge in [0.25, 0.3) is 5.56 Å². The molecule has 0 atom stereocenters. The third kappa shape index (κ3) is 4.06. The van der Waals surface area contributed by atoms with Gasteiger partial charge in [-0.05, 0) is 69.2 Å². The van der Waals surface area contributed by atoms with Crippen LogP contribution in [-0.2, 0) is 16.1 Å². The highest BCUT2D eigenvalue weighted by molar-refractivity contribution is 6.00. The van der Waals surface area contributed by atoms with Gasteiger partial charge in [0.2, 0.25) is 0 Å². The molecule has 1 N–H and O–H groups in total. The number of benzene rings is 2. The molecule has 0 aliphatic heterocycles. The Morgan fingerprint density at radius 1 is 1.03 bits per heavy atom. The summed E-state index contributed by atoms with van der Waals surface area (Å²) in [7, 11) is 0. The van der Waals surface area contributed by atoms with Crippen molar-refractivity contribution >= 4 is 22.7 Å². The molecule has 2 aromatic carbocycles. The topological polar surface area (TPSA) is 108 Å². The van der Waals surface area contributed by atoms with E-state index in [0.717, 1.165) is 4.68 Å². The molecule has 162 valence electrons. The monoisotopic (exact) mass is 424 g/mol. The third-order valence-corrected chi connectivity index (χ3v) is 4.96. The Balaban J connectivity index is 2.24. The first-order valence-electron chi connectivity index (χ1n) is 9.95. The normalized spacial score (nSPS) is 10.9. The Hall–Kier alpha value is -3.52. The average Bonchev–Trinajstić information content (AvgIpc) is 2.74. The van der Waals surface area contributed by atoms with E-state index >= 15 is 0 Å². The molecule has 0 aliphatic rings. The second-order valence-electron chi connectivity index (χ2n) is 6.93. The molecule has 1 aromatic heterocycles. The third-order valence-electron chi connectivity index (χ3n) is 4.96. The SMILES string of the molecule is CCOC(=O)c1ccc(-n2nc(CO)c3cc(C)c(C(=O)OCC)c(C)c3c2=O)cc1. The van der Waals surface area contributed by atoms with Crippen molar-refractivity contribution in [3.63, 3.8) is 0 Å². The first kappa shape index (κ1) is 22.2. The highest BCUT2D eigenvalue weighted by Gasteiger charge is 2.21. The van der Waals surface area contributed by atoms with Crippen LogP contribution in [0.3, 0.4) is 0 Å². The number of nitrogens with zero attached hydrogens (tertiary/aromatic N) is 2. The summed E-state index contributed by atoms with van der Waals surface area (Å²) in [5.41, 5.74) is 2.03. The van der Waals surface area contributed by atoms with E-state index in [2.05, 4.69) is 5.10 Å². The standard InChI is InChI=1S/C23H24N2O6/c1-5-30-22(28)15-7-9-16(10-8-15)25-21(27)20-14(4)19(23(29)31-6-2)13(3)11-17(20)18(12-26)24-25/h7-11,26H,5-6,12H2,1-4H3. The van der Waals surface area contributed by atoms with Gasteiger partial charge in [-0.15, -0.1) is 0 Å². The molecule has 0 amide bonds. The first-order chi connectivity index (χ1) is 14.8. The number of fused-ring (bicyclic) bond motifs is 1. The number of hydrogen-bond donors (Lipinski definition) is 1. The van der Waals surface area contributed by atoms with Crippen LogP contribution in [0.25, 0.3) is 16.5 Å². The fourth-order valence-electron chi connectivity index (χ4n) is 3.57. The number of carbonyl (C=O) groups excluding carboxylic acids is 2. The largest absolute Gasteiger partial charge is 0.462 e. The van der Waals surface area contributed by atoms with E-state index in [4.69, 9.17) is 9.47 Å². The summed E-state index contributed by atoms with van der Waals surface area (Å²) in [5.74, 6) is -0.971. The molecular formula is C23H24N2O6. The van der Waals surface area contributed by atoms with Gasteiger partial charge in [0.15, 0.2) is 0 Å². The number of aliphatic hydroxyl groups is 1. The molecular weight excluding hydrogens is 400 g/mol. The lowest BCUT2D eigenvalue weighted by atomic mass is 9.95. The van der Waals surface area contributed by atoms with Gasteiger partial charge in [0.1, 0.15) is 0 Å². The van der Waals surface area contributed by atoms with Crippen molar-refractivity contribution in [3.8, 4) is 5.69 Å². The molecule has 3 aromatic rings. The summed E-state index contributed by atoms with van der Waals surface area (Å²) in [6.07, 6.45) is 0. The molecule has 0 aliphatic carbocycles. The molecule has 0 saturated carbocycles. The molecule has 8 nitrogen and oxygen atoms in total. The zero-order chi connectivity index (χ0) is 22.7. The van der Waals surface area contributed by atoms with Gasteiger partial charge in [0.05, 0.1) is 47.7 Å². The number of aromatic nitrogens is 2. The summed E-state index contributed by atoms with van der Waals surface area (Å²) in [6, 6.07) is 7.89. The smallest absolute Gasteiger partial charge is 0.338 e. The Morgan fingerprint density at radius 2 is 1.65 bits per heavy atom. The van der Waals surface area contributed by atoms with E-state index in [1.165, 1.54) is 12.1 Å². The van der Waals surface area contributed by atoms with Crippen LogP contribution < -0.4 is 5.56 Å². The Morgan fingerprint density at radius 3 is 2.23 bits per heavy atom. The maximum absolute atomic E-state index is 13.4. The van der Waals surface area contributed by atoms with E-state index in [-0.39, 0.29) is 18.6 Å². The Labute approximate surface area is 179 Å². The minimum Gasteiger partial charge on any atom is -0.462 e. The van der Waals surface area contributed by atoms with Gasteiger partial charge in [-0.2, -0.15) is 9.78 Å². The van der Waals surface area contributed by atoms with Crippen molar-refractivity contribution in [2.24, 2.45) is 0 Å². The van der Waals surface area contributed by atoms with Crippen molar-refractivity contribution in [2.45, 2.75) is 34.3 Å². The van der Waals surface area contributed by atoms with Crippen molar-refractivity contribution < 1.29 is 24.2 Å². The molecule has 0 spiro atoms. The van der Waals surface area contributed by atoms with Gasteiger partial charge < -0.3 is 14.6 Å². The Bertz CT molecular complexity index is 1210. The maximum atomic E-state index is 13.4. The van der Waals surface area contributed by atoms with Crippen LogP contribution in [0, 0.1) is 13.8 Å². The molecule has 0 unspecified atom stereocenters. The van der Waals surface area contributed by atoms with Crippen molar-refractivity contribution in [1.82, 2.24) is 9.78 Å².